The smallest absolute Gasteiger partial charge is 0.216 e. The summed E-state index contributed by atoms with van der Waals surface area (Å²) in [5.41, 5.74) is -12.2. The molecule has 0 unspecified atom stereocenters. The third-order valence-corrected chi connectivity index (χ3v) is 12.0. The maximum Gasteiger partial charge on any atom is 0.500 e. The Hall–Kier alpha value is 0.940. The molecule has 0 heterocycles. The Morgan fingerprint density at radius 2 is 0.824 bits per heavy atom. The Morgan fingerprint density at radius 1 is 0.647 bits per heavy atom. The molecule has 104 valence electrons. The van der Waals surface area contributed by atoms with E-state index >= 15 is 0 Å². The molecule has 0 saturated heterocycles. The second kappa shape index (κ2) is 4.50. The molecule has 0 aliphatic rings. The lowest BCUT2D eigenvalue weighted by atomic mass is 11.5. The van der Waals surface area contributed by atoms with Gasteiger partial charge in [-0.05, 0) is 45.2 Å². The molecule has 0 aliphatic heterocycles. The van der Waals surface area contributed by atoms with Crippen molar-refractivity contribution >= 4 is 64.9 Å². The van der Waals surface area contributed by atoms with Gasteiger partial charge in [-0.15, -0.1) is 0 Å². The molecule has 0 fully saturated rings. The van der Waals surface area contributed by atoms with Crippen molar-refractivity contribution in [3.63, 3.8) is 0 Å². The van der Waals surface area contributed by atoms with Gasteiger partial charge < -0.3 is 0 Å². The van der Waals surface area contributed by atoms with Crippen LogP contribution in [0, 0.1) is 0 Å². The number of hydrogen-bond donors (Lipinski definition) is 0. The fraction of sp³-hybridized carbons (Fsp3) is 1.00. The van der Waals surface area contributed by atoms with E-state index in [0.717, 1.165) is 0 Å². The average Bonchev–Trinajstić information content (AvgIpc) is 1.98. The molecule has 0 aromatic carbocycles. The molecule has 4 nitrogen and oxygen atoms in total. The molecular weight excluding hydrogens is 532 g/mol. The van der Waals surface area contributed by atoms with Crippen LogP contribution in [0.3, 0.4) is 0 Å². The van der Waals surface area contributed by atoms with E-state index in [4.69, 9.17) is 0 Å². The summed E-state index contributed by atoms with van der Waals surface area (Å²) >= 11 is 0.165. The van der Waals surface area contributed by atoms with E-state index in [2.05, 4.69) is 0 Å². The highest BCUT2D eigenvalue weighted by atomic mass is 127. The Balaban J connectivity index is 6.14. The van der Waals surface area contributed by atoms with Gasteiger partial charge in [0.25, 0.3) is 19.8 Å². The first-order valence-corrected chi connectivity index (χ1v) is 8.12. The number of hydrogen-bond acceptors (Lipinski definition) is 4. The zero-order chi connectivity index (χ0) is 14.5. The highest BCUT2D eigenvalue weighted by Crippen LogP contribution is 2.51. The van der Waals surface area contributed by atoms with Crippen LogP contribution in [0.1, 0.15) is 0 Å². The average molecular weight is 532 g/mol. The van der Waals surface area contributed by atoms with Crippen LogP contribution in [0.25, 0.3) is 0 Å². The largest absolute Gasteiger partial charge is 0.500 e. The van der Waals surface area contributed by atoms with Crippen molar-refractivity contribution in [2.24, 2.45) is 0 Å². The number of halogens is 8. The van der Waals surface area contributed by atoms with E-state index < -0.39 is 30.8 Å². The molecule has 0 bridgehead atoms. The SMILES string of the molecule is O=S(=O)(C(F)(F)F)C(I)(I)S(=O)(=O)C(F)(F)F. The normalized spacial score (nSPS) is 16.0. The molecule has 0 rings (SSSR count). The van der Waals surface area contributed by atoms with E-state index in [0.29, 0.717) is 0 Å². The van der Waals surface area contributed by atoms with Crippen LogP contribution in [0.15, 0.2) is 0 Å². The molecule has 0 saturated carbocycles. The van der Waals surface area contributed by atoms with Gasteiger partial charge in [0.1, 0.15) is 0 Å². The monoisotopic (exact) mass is 532 g/mol. The molecule has 0 aliphatic carbocycles. The third-order valence-electron chi connectivity index (χ3n) is 1.24. The van der Waals surface area contributed by atoms with Crippen LogP contribution in [0.2, 0.25) is 0 Å². The van der Waals surface area contributed by atoms with Crippen LogP contribution < -0.4 is 0 Å². The first kappa shape index (κ1) is 17.9. The van der Waals surface area contributed by atoms with E-state index in [1.165, 1.54) is 0 Å². The minimum absolute atomic E-state index is 0.0825. The fourth-order valence-electron chi connectivity index (χ4n) is 0.414. The minimum Gasteiger partial charge on any atom is -0.216 e. The number of sulfone groups is 2. The third kappa shape index (κ3) is 2.77. The van der Waals surface area contributed by atoms with Crippen molar-refractivity contribution in [3.05, 3.63) is 0 Å². The highest BCUT2D eigenvalue weighted by molar-refractivity contribution is 14.2. The van der Waals surface area contributed by atoms with Crippen LogP contribution in [-0.4, -0.2) is 27.9 Å². The number of rotatable bonds is 2. The molecule has 0 N–H and O–H groups in total. The first-order valence-electron chi connectivity index (χ1n) is 3.00. The molecule has 0 amide bonds. The first-order chi connectivity index (χ1) is 7.00. The van der Waals surface area contributed by atoms with Crippen molar-refractivity contribution < 1.29 is 43.2 Å². The van der Waals surface area contributed by atoms with E-state index in [-0.39, 0.29) is 45.2 Å². The predicted octanol–water partition coefficient (Wildman–Crippen LogP) is 2.34. The summed E-state index contributed by atoms with van der Waals surface area (Å²) in [6.07, 6.45) is 0. The van der Waals surface area contributed by atoms with E-state index in [1.807, 2.05) is 0 Å². The Labute approximate surface area is 118 Å². The van der Waals surface area contributed by atoms with E-state index in [9.17, 15) is 43.2 Å². The Bertz CT molecular complexity index is 452. The van der Waals surface area contributed by atoms with Gasteiger partial charge in [0.2, 0.25) is 0 Å². The molecule has 17 heavy (non-hydrogen) atoms. The summed E-state index contributed by atoms with van der Waals surface area (Å²) in [4.78, 5) is 0. The van der Waals surface area contributed by atoms with E-state index in [1.54, 1.807) is 0 Å². The van der Waals surface area contributed by atoms with Crippen LogP contribution in [-0.2, 0) is 19.7 Å². The Morgan fingerprint density at radius 3 is 0.941 bits per heavy atom. The summed E-state index contributed by atoms with van der Waals surface area (Å²) in [5, 5.41) is 0. The van der Waals surface area contributed by atoms with Gasteiger partial charge in [0.05, 0.1) is 0 Å². The molecule has 0 radical (unpaired) electrons. The van der Waals surface area contributed by atoms with Crippen molar-refractivity contribution in [1.82, 2.24) is 0 Å². The molecule has 14 heteroatoms. The zero-order valence-corrected chi connectivity index (χ0v) is 12.9. The summed E-state index contributed by atoms with van der Waals surface area (Å²) in [6.45, 7) is 0. The lowest BCUT2D eigenvalue weighted by Gasteiger charge is -2.23. The molecular formula is C3F6I2O4S2. The Kier molecular flexibility index (Phi) is 4.74. The number of alkyl halides is 8. The maximum atomic E-state index is 12.0. The lowest BCUT2D eigenvalue weighted by Crippen LogP contribution is -2.47. The standard InChI is InChI=1S/C3F6I2O4S2/c4-1(5,6)16(12,13)3(10,11)17(14,15)2(7,8)9. The van der Waals surface area contributed by atoms with Crippen LogP contribution in [0.4, 0.5) is 26.3 Å². The minimum atomic E-state index is -6.55. The quantitative estimate of drug-likeness (QED) is 0.312. The second-order valence-corrected chi connectivity index (χ2v) is 15.0. The van der Waals surface area contributed by atoms with Crippen LogP contribution in [0.5, 0.6) is 0 Å². The fourth-order valence-corrected chi connectivity index (χ4v) is 5.67. The summed E-state index contributed by atoms with van der Waals surface area (Å²) in [7, 11) is -13.1. The molecule has 0 aromatic rings. The van der Waals surface area contributed by atoms with Crippen molar-refractivity contribution in [2.75, 3.05) is 0 Å². The van der Waals surface area contributed by atoms with Crippen molar-refractivity contribution in [2.45, 2.75) is 11.1 Å². The molecule has 0 spiro atoms. The van der Waals surface area contributed by atoms with Gasteiger partial charge >= 0.3 is 11.0 Å². The topological polar surface area (TPSA) is 68.3 Å². The summed E-state index contributed by atoms with van der Waals surface area (Å²) in [5.74, 6) is 0. The lowest BCUT2D eigenvalue weighted by molar-refractivity contribution is -0.0461. The van der Waals surface area contributed by atoms with Gasteiger partial charge in [-0.3, -0.25) is 0 Å². The van der Waals surface area contributed by atoms with Crippen molar-refractivity contribution in [1.29, 1.82) is 0 Å². The predicted molar refractivity (Wildman–Crippen MR) is 60.7 cm³/mol. The summed E-state index contributed by atoms with van der Waals surface area (Å²) in [6, 6.07) is 0. The maximum absolute atomic E-state index is 12.0. The van der Waals surface area contributed by atoms with Gasteiger partial charge in [-0.2, -0.15) is 26.3 Å². The van der Waals surface area contributed by atoms with Crippen molar-refractivity contribution in [3.8, 4) is 0 Å². The van der Waals surface area contributed by atoms with Crippen LogP contribution >= 0.6 is 45.2 Å². The van der Waals surface area contributed by atoms with Gasteiger partial charge in [-0.1, -0.05) is 0 Å². The second-order valence-electron chi connectivity index (χ2n) is 2.36. The zero-order valence-electron chi connectivity index (χ0n) is 6.97. The van der Waals surface area contributed by atoms with Gasteiger partial charge in [0, 0.05) is 0 Å². The highest BCUT2D eigenvalue weighted by Gasteiger charge is 2.71. The molecule has 0 aromatic heterocycles. The van der Waals surface area contributed by atoms with Gasteiger partial charge in [0.15, 0.2) is 0 Å². The summed E-state index contributed by atoms with van der Waals surface area (Å²) < 4.78 is 111. The molecule has 0 atom stereocenters. The van der Waals surface area contributed by atoms with Gasteiger partial charge in [-0.25, -0.2) is 16.8 Å².